The lowest BCUT2D eigenvalue weighted by Crippen LogP contribution is -2.50. The molecule has 11 heteroatoms. The lowest BCUT2D eigenvalue weighted by Gasteiger charge is -2.39. The fraction of sp³-hybridized carbons (Fsp3) is 0.483. The average Bonchev–Trinajstić information content (AvgIpc) is 3.46. The first-order valence-corrected chi connectivity index (χ1v) is 14.3. The van der Waals surface area contributed by atoms with E-state index in [4.69, 9.17) is 15.6 Å². The van der Waals surface area contributed by atoms with Gasteiger partial charge in [-0.1, -0.05) is 26.8 Å². The van der Waals surface area contributed by atoms with E-state index in [2.05, 4.69) is 49.8 Å². The van der Waals surface area contributed by atoms with E-state index in [1.165, 1.54) is 25.4 Å². The van der Waals surface area contributed by atoms with E-state index in [0.29, 0.717) is 18.9 Å². The Morgan fingerprint density at radius 3 is 2.62 bits per heavy atom. The predicted octanol–water partition coefficient (Wildman–Crippen LogP) is 3.74. The highest BCUT2D eigenvalue weighted by atomic mass is 32.1. The number of nitrogens with two attached hydrogens (primary N) is 1. The van der Waals surface area contributed by atoms with Crippen molar-refractivity contribution >= 4 is 45.1 Å². The van der Waals surface area contributed by atoms with E-state index in [9.17, 15) is 14.4 Å². The van der Waals surface area contributed by atoms with E-state index >= 15 is 0 Å². The highest BCUT2D eigenvalue weighted by Crippen LogP contribution is 2.44. The molecule has 1 aromatic carbocycles. The van der Waals surface area contributed by atoms with Gasteiger partial charge in [0.15, 0.2) is 5.82 Å². The fourth-order valence-corrected chi connectivity index (χ4v) is 7.36. The highest BCUT2D eigenvalue weighted by molar-refractivity contribution is 7.18. The van der Waals surface area contributed by atoms with E-state index < -0.39 is 17.7 Å². The second-order valence-electron chi connectivity index (χ2n) is 11.7. The second-order valence-corrected chi connectivity index (χ2v) is 12.8. The lowest BCUT2D eigenvalue weighted by atomic mass is 9.82. The number of benzene rings is 1. The molecule has 10 nitrogen and oxygen atoms in total. The van der Waals surface area contributed by atoms with Crippen LogP contribution in [0.5, 0.6) is 0 Å². The van der Waals surface area contributed by atoms with Crippen LogP contribution in [0.3, 0.4) is 0 Å². The van der Waals surface area contributed by atoms with Gasteiger partial charge in [-0.3, -0.25) is 19.2 Å². The van der Waals surface area contributed by atoms with Gasteiger partial charge in [-0.25, -0.2) is 9.97 Å². The first-order chi connectivity index (χ1) is 19.0. The molecule has 0 saturated carbocycles. The average molecular weight is 565 g/mol. The number of carbonyl (C=O) groups excluding carboxylic acids is 3. The molecule has 0 bridgehead atoms. The summed E-state index contributed by atoms with van der Waals surface area (Å²) in [5.74, 6) is -1.98. The van der Waals surface area contributed by atoms with Crippen LogP contribution in [0.25, 0.3) is 10.2 Å². The number of nitrogens with zero attached hydrogens (tertiary/aromatic N) is 5. The molecule has 2 N–H and O–H groups in total. The molecule has 0 spiro atoms. The van der Waals surface area contributed by atoms with Crippen molar-refractivity contribution in [3.05, 3.63) is 52.7 Å². The summed E-state index contributed by atoms with van der Waals surface area (Å²) in [5.41, 5.74) is 7.46. The number of carbonyl (C=O) groups is 3. The maximum atomic E-state index is 13.7. The Balaban J connectivity index is 1.44. The third-order valence-corrected chi connectivity index (χ3v) is 9.25. The number of primary amides is 1. The van der Waals surface area contributed by atoms with Gasteiger partial charge in [-0.15, -0.1) is 11.3 Å². The molecular weight excluding hydrogens is 528 g/mol. The van der Waals surface area contributed by atoms with Crippen molar-refractivity contribution < 1.29 is 19.2 Å². The Hall–Kier alpha value is -3.41. The second kappa shape index (κ2) is 10.9. The molecule has 0 unspecified atom stereocenters. The Morgan fingerprint density at radius 1 is 1.18 bits per heavy atom. The summed E-state index contributed by atoms with van der Waals surface area (Å²) in [6.45, 7) is 9.08. The number of amides is 3. The number of aromatic nitrogens is 2. The Kier molecular flexibility index (Phi) is 7.64. The smallest absolute Gasteiger partial charge is 0.341 e. The molecule has 212 valence electrons. The number of hydrogen-bond acceptors (Lipinski definition) is 8. The van der Waals surface area contributed by atoms with Crippen LogP contribution >= 0.6 is 11.3 Å². The van der Waals surface area contributed by atoms with Gasteiger partial charge in [-0.05, 0) is 61.1 Å². The quantitative estimate of drug-likeness (QED) is 0.370. The molecular formula is C29H36N6O4S. The minimum absolute atomic E-state index is 0.0181. The largest absolute Gasteiger partial charge is 0.365 e. The summed E-state index contributed by atoms with van der Waals surface area (Å²) >= 11 is 1.73. The molecule has 2 saturated heterocycles. The Bertz CT molecular complexity index is 1460. The van der Waals surface area contributed by atoms with Crippen molar-refractivity contribution in [1.29, 1.82) is 0 Å². The maximum Gasteiger partial charge on any atom is 0.341 e. The number of hydrogen-bond donors (Lipinski definition) is 1. The zero-order valence-electron chi connectivity index (χ0n) is 23.6. The lowest BCUT2D eigenvalue weighted by molar-refractivity contribution is -0.151. The zero-order chi connectivity index (χ0) is 28.8. The number of hydroxylamine groups is 1. The molecule has 3 aromatic rings. The molecule has 2 aromatic heterocycles. The molecule has 2 aliphatic rings. The number of likely N-dealkylation sites (tertiary alicyclic amines) is 2. The minimum Gasteiger partial charge on any atom is -0.365 e. The van der Waals surface area contributed by atoms with Gasteiger partial charge >= 0.3 is 11.8 Å². The van der Waals surface area contributed by atoms with Crippen LogP contribution in [0.4, 0.5) is 5.82 Å². The van der Waals surface area contributed by atoms with E-state index in [0.717, 1.165) is 45.4 Å². The summed E-state index contributed by atoms with van der Waals surface area (Å²) in [5, 5.41) is 1.88. The molecule has 3 atom stereocenters. The molecule has 0 aliphatic carbocycles. The van der Waals surface area contributed by atoms with Gasteiger partial charge in [0.25, 0.3) is 5.91 Å². The van der Waals surface area contributed by atoms with Crippen LogP contribution in [-0.2, 0) is 14.4 Å². The maximum absolute atomic E-state index is 13.7. The molecule has 0 radical (unpaired) electrons. The summed E-state index contributed by atoms with van der Waals surface area (Å²) in [6.07, 6.45) is 3.04. The van der Waals surface area contributed by atoms with Crippen LogP contribution in [0.15, 0.2) is 36.5 Å². The van der Waals surface area contributed by atoms with Gasteiger partial charge in [-0.2, -0.15) is 5.06 Å². The number of likely N-dealkylation sites (N-methyl/N-ethyl adjacent to an activating group) is 1. The van der Waals surface area contributed by atoms with Crippen LogP contribution in [-0.4, -0.2) is 71.3 Å². The van der Waals surface area contributed by atoms with Crippen molar-refractivity contribution in [3.63, 3.8) is 0 Å². The summed E-state index contributed by atoms with van der Waals surface area (Å²) in [6, 6.07) is 8.84. The van der Waals surface area contributed by atoms with Crippen LogP contribution < -0.4 is 10.8 Å². The van der Waals surface area contributed by atoms with Crippen LogP contribution in [0.2, 0.25) is 0 Å². The monoisotopic (exact) mass is 564 g/mol. The fourth-order valence-electron chi connectivity index (χ4n) is 6.11. The zero-order valence-corrected chi connectivity index (χ0v) is 24.4. The molecule has 4 heterocycles. The van der Waals surface area contributed by atoms with Gasteiger partial charge in [0.05, 0.1) is 33.9 Å². The van der Waals surface area contributed by atoms with Crippen molar-refractivity contribution in [1.82, 2.24) is 19.8 Å². The number of thiazole rings is 1. The topological polar surface area (TPSA) is 122 Å². The van der Waals surface area contributed by atoms with E-state index in [1.807, 2.05) is 6.07 Å². The Labute approximate surface area is 238 Å². The normalized spacial score (nSPS) is 22.9. The number of piperidine rings is 1. The molecule has 5 rings (SSSR count). The highest BCUT2D eigenvalue weighted by Gasteiger charge is 2.41. The van der Waals surface area contributed by atoms with Crippen molar-refractivity contribution in [2.75, 3.05) is 38.9 Å². The van der Waals surface area contributed by atoms with E-state index in [1.54, 1.807) is 16.2 Å². The number of rotatable bonds is 5. The van der Waals surface area contributed by atoms with Crippen LogP contribution in [0.1, 0.15) is 66.5 Å². The summed E-state index contributed by atoms with van der Waals surface area (Å²) in [7, 11) is 3.40. The van der Waals surface area contributed by atoms with Crippen LogP contribution in [0, 0.1) is 11.3 Å². The van der Waals surface area contributed by atoms with Crippen molar-refractivity contribution in [2.24, 2.45) is 17.1 Å². The van der Waals surface area contributed by atoms with Gasteiger partial charge in [0, 0.05) is 31.7 Å². The number of fused-ring (bicyclic) bond motifs is 1. The first-order valence-electron chi connectivity index (χ1n) is 13.5. The molecule has 40 heavy (non-hydrogen) atoms. The Morgan fingerprint density at radius 2 is 1.95 bits per heavy atom. The molecule has 2 fully saturated rings. The predicted molar refractivity (Wildman–Crippen MR) is 154 cm³/mol. The van der Waals surface area contributed by atoms with E-state index in [-0.39, 0.29) is 28.8 Å². The number of anilines is 1. The van der Waals surface area contributed by atoms with Gasteiger partial charge in [0.2, 0.25) is 0 Å². The number of pyridine rings is 1. The summed E-state index contributed by atoms with van der Waals surface area (Å²) < 4.78 is 1.11. The SMILES string of the molecule is CON(C(=O)C(=O)N1C[C@@H](C)CC[C@@H]1c1ccc2sc([C@@H]3CN(C)CC3(C)C)nc2c1)c1ncccc1C(N)=O. The van der Waals surface area contributed by atoms with Crippen molar-refractivity contribution in [2.45, 2.75) is 45.6 Å². The standard InChI is InChI=1S/C29H36N6O4S/c1-17-8-10-22(18-9-11-23-21(13-18)32-26(40-23)20-15-33(4)16-29(20,2)3)34(14-17)27(37)28(38)35(39-5)25-19(24(30)36)7-6-12-31-25/h6-7,9,11-13,17,20,22H,8,10,14-16H2,1-5H3,(H2,30,36)/t17-,20-,22+/m0/s1. The van der Waals surface area contributed by atoms with Gasteiger partial charge in [0.1, 0.15) is 0 Å². The van der Waals surface area contributed by atoms with Crippen molar-refractivity contribution in [3.8, 4) is 0 Å². The molecule has 3 amide bonds. The third kappa shape index (κ3) is 5.21. The third-order valence-electron chi connectivity index (χ3n) is 8.10. The van der Waals surface area contributed by atoms with Gasteiger partial charge < -0.3 is 15.5 Å². The minimum atomic E-state index is -0.938. The molecule has 2 aliphatic heterocycles. The first kappa shape index (κ1) is 28.1. The summed E-state index contributed by atoms with van der Waals surface area (Å²) in [4.78, 5) is 57.5.